The van der Waals surface area contributed by atoms with E-state index in [4.69, 9.17) is 9.84 Å². The van der Waals surface area contributed by atoms with E-state index in [1.165, 1.54) is 0 Å². The molecule has 3 N–H and O–H groups in total. The van der Waals surface area contributed by atoms with Crippen molar-refractivity contribution in [2.75, 3.05) is 6.61 Å². The summed E-state index contributed by atoms with van der Waals surface area (Å²) >= 11 is 0. The molecule has 0 spiro atoms. The van der Waals surface area contributed by atoms with E-state index in [2.05, 4.69) is 22.8 Å². The van der Waals surface area contributed by atoms with Crippen LogP contribution < -0.4 is 10.6 Å². The number of carbonyl (C=O) groups excluding carboxylic acids is 2. The predicted octanol–water partition coefficient (Wildman–Crippen LogP) is 3.43. The molecule has 1 fully saturated rings. The average molecular weight is 422 g/mol. The number of nitrogens with one attached hydrogen (secondary N) is 2. The molecule has 2 aliphatic rings. The van der Waals surface area contributed by atoms with E-state index in [1.54, 1.807) is 0 Å². The lowest BCUT2D eigenvalue weighted by molar-refractivity contribution is -0.137. The second kappa shape index (κ2) is 8.41. The van der Waals surface area contributed by atoms with Crippen LogP contribution in [0.3, 0.4) is 0 Å². The number of hydrogen-bond acceptors (Lipinski definition) is 4. The smallest absolute Gasteiger partial charge is 0.408 e. The minimum atomic E-state index is -1.01. The van der Waals surface area contributed by atoms with E-state index >= 15 is 0 Å². The summed E-state index contributed by atoms with van der Waals surface area (Å²) < 4.78 is 5.54. The number of carbonyl (C=O) groups is 3. The summed E-state index contributed by atoms with van der Waals surface area (Å²) in [6.07, 6.45) is 0.724. The van der Waals surface area contributed by atoms with Gasteiger partial charge in [0.2, 0.25) is 5.91 Å². The molecular formula is C24H26N2O5. The molecule has 7 heteroatoms. The molecule has 2 amide bonds. The molecule has 0 radical (unpaired) electrons. The van der Waals surface area contributed by atoms with Crippen LogP contribution in [-0.2, 0) is 14.3 Å². The van der Waals surface area contributed by atoms with Crippen LogP contribution in [0.4, 0.5) is 4.79 Å². The first-order chi connectivity index (χ1) is 14.9. The van der Waals surface area contributed by atoms with E-state index in [9.17, 15) is 14.4 Å². The van der Waals surface area contributed by atoms with Crippen molar-refractivity contribution in [1.82, 2.24) is 10.6 Å². The Morgan fingerprint density at radius 1 is 1.06 bits per heavy atom. The molecule has 2 aliphatic carbocycles. The molecule has 7 nitrogen and oxygen atoms in total. The van der Waals surface area contributed by atoms with Crippen LogP contribution in [0.2, 0.25) is 0 Å². The molecule has 0 unspecified atom stereocenters. The van der Waals surface area contributed by atoms with Crippen molar-refractivity contribution in [3.63, 3.8) is 0 Å². The average Bonchev–Trinajstić information content (AvgIpc) is 3.47. The number of rotatable bonds is 8. The standard InChI is InChI=1S/C24H26N2O5/c1-2-15(13-21(27)28)25-22(29)24(11-12-24)26-23(30)31-14-20-18-9-5-3-7-16(18)17-8-4-6-10-19(17)20/h3-10,15,20H,2,11-14H2,1H3,(H,25,29)(H,26,30)(H,27,28)/t15-/m0/s1. The Balaban J connectivity index is 1.38. The summed E-state index contributed by atoms with van der Waals surface area (Å²) in [5, 5.41) is 14.4. The zero-order valence-corrected chi connectivity index (χ0v) is 17.4. The van der Waals surface area contributed by atoms with E-state index in [0.29, 0.717) is 19.3 Å². The highest BCUT2D eigenvalue weighted by Crippen LogP contribution is 2.44. The van der Waals surface area contributed by atoms with Gasteiger partial charge in [-0.3, -0.25) is 9.59 Å². The number of carboxylic acid groups (broad SMARTS) is 1. The number of ether oxygens (including phenoxy) is 1. The van der Waals surface area contributed by atoms with Crippen molar-refractivity contribution in [2.45, 2.75) is 50.1 Å². The quantitative estimate of drug-likeness (QED) is 0.605. The molecular weight excluding hydrogens is 396 g/mol. The third-order valence-electron chi connectivity index (χ3n) is 6.12. The van der Waals surface area contributed by atoms with Crippen LogP contribution >= 0.6 is 0 Å². The lowest BCUT2D eigenvalue weighted by Crippen LogP contribution is -2.52. The fraction of sp³-hybridized carbons (Fsp3) is 0.375. The van der Waals surface area contributed by atoms with Crippen molar-refractivity contribution < 1.29 is 24.2 Å². The first-order valence-electron chi connectivity index (χ1n) is 10.6. The molecule has 0 bridgehead atoms. The van der Waals surface area contributed by atoms with Gasteiger partial charge in [0.25, 0.3) is 0 Å². The second-order valence-electron chi connectivity index (χ2n) is 8.21. The summed E-state index contributed by atoms with van der Waals surface area (Å²) in [5.74, 6) is -1.38. The van der Waals surface area contributed by atoms with Crippen molar-refractivity contribution in [2.24, 2.45) is 0 Å². The summed E-state index contributed by atoms with van der Waals surface area (Å²) in [4.78, 5) is 36.1. The molecule has 0 aliphatic heterocycles. The topological polar surface area (TPSA) is 105 Å². The lowest BCUT2D eigenvalue weighted by Gasteiger charge is -2.22. The van der Waals surface area contributed by atoms with Crippen LogP contribution in [0.15, 0.2) is 48.5 Å². The molecule has 2 aromatic carbocycles. The Bertz CT molecular complexity index is 969. The highest BCUT2D eigenvalue weighted by atomic mass is 16.5. The zero-order chi connectivity index (χ0) is 22.0. The number of fused-ring (bicyclic) bond motifs is 3. The molecule has 4 rings (SSSR count). The van der Waals surface area contributed by atoms with Gasteiger partial charge in [-0.1, -0.05) is 55.5 Å². The summed E-state index contributed by atoms with van der Waals surface area (Å²) in [6, 6.07) is 15.7. The van der Waals surface area contributed by atoms with Crippen molar-refractivity contribution >= 4 is 18.0 Å². The Morgan fingerprint density at radius 3 is 2.16 bits per heavy atom. The van der Waals surface area contributed by atoms with Gasteiger partial charge in [0.05, 0.1) is 6.42 Å². The highest BCUT2D eigenvalue weighted by molar-refractivity contribution is 5.93. The molecule has 31 heavy (non-hydrogen) atoms. The third kappa shape index (κ3) is 4.26. The summed E-state index contributed by atoms with van der Waals surface area (Å²) in [5.41, 5.74) is 3.53. The minimum absolute atomic E-state index is 0.0535. The van der Waals surface area contributed by atoms with E-state index in [1.807, 2.05) is 43.3 Å². The number of carboxylic acids is 1. The second-order valence-corrected chi connectivity index (χ2v) is 8.21. The van der Waals surface area contributed by atoms with Crippen LogP contribution in [0.1, 0.15) is 49.7 Å². The maximum atomic E-state index is 12.6. The maximum absolute atomic E-state index is 12.6. The van der Waals surface area contributed by atoms with Crippen LogP contribution in [0, 0.1) is 0 Å². The van der Waals surface area contributed by atoms with Crippen LogP contribution in [-0.4, -0.2) is 41.3 Å². The normalized spacial score (nSPS) is 16.5. The summed E-state index contributed by atoms with van der Waals surface area (Å²) in [7, 11) is 0. The van der Waals surface area contributed by atoms with Crippen LogP contribution in [0.5, 0.6) is 0 Å². The lowest BCUT2D eigenvalue weighted by atomic mass is 9.98. The van der Waals surface area contributed by atoms with Gasteiger partial charge in [-0.25, -0.2) is 4.79 Å². The number of hydrogen-bond donors (Lipinski definition) is 3. The molecule has 0 saturated heterocycles. The van der Waals surface area contributed by atoms with Gasteiger partial charge >= 0.3 is 12.1 Å². The van der Waals surface area contributed by atoms with E-state index in [-0.39, 0.29) is 24.9 Å². The van der Waals surface area contributed by atoms with Gasteiger partial charge in [-0.2, -0.15) is 0 Å². The molecule has 2 aromatic rings. The monoisotopic (exact) mass is 422 g/mol. The first-order valence-corrected chi connectivity index (χ1v) is 10.6. The Hall–Kier alpha value is -3.35. The van der Waals surface area contributed by atoms with Gasteiger partial charge < -0.3 is 20.5 Å². The zero-order valence-electron chi connectivity index (χ0n) is 17.4. The third-order valence-corrected chi connectivity index (χ3v) is 6.12. The molecule has 1 atom stereocenters. The maximum Gasteiger partial charge on any atom is 0.408 e. The van der Waals surface area contributed by atoms with Crippen molar-refractivity contribution in [3.8, 4) is 11.1 Å². The molecule has 0 heterocycles. The van der Waals surface area contributed by atoms with Gasteiger partial charge in [0, 0.05) is 12.0 Å². The largest absolute Gasteiger partial charge is 0.481 e. The van der Waals surface area contributed by atoms with E-state index < -0.39 is 23.6 Å². The fourth-order valence-corrected chi connectivity index (χ4v) is 4.20. The van der Waals surface area contributed by atoms with Gasteiger partial charge in [-0.15, -0.1) is 0 Å². The number of amides is 2. The number of alkyl carbamates (subject to hydrolysis) is 1. The molecule has 162 valence electrons. The Labute approximate surface area is 180 Å². The Kier molecular flexibility index (Phi) is 5.67. The molecule has 1 saturated carbocycles. The number of benzene rings is 2. The first kappa shape index (κ1) is 20.9. The summed E-state index contributed by atoms with van der Waals surface area (Å²) in [6.45, 7) is 1.99. The predicted molar refractivity (Wildman–Crippen MR) is 115 cm³/mol. The van der Waals surface area contributed by atoms with Crippen molar-refractivity contribution in [1.29, 1.82) is 0 Å². The fourth-order valence-electron chi connectivity index (χ4n) is 4.20. The molecule has 0 aromatic heterocycles. The number of aliphatic carboxylic acids is 1. The van der Waals surface area contributed by atoms with Crippen LogP contribution in [0.25, 0.3) is 11.1 Å². The Morgan fingerprint density at radius 2 is 1.65 bits per heavy atom. The van der Waals surface area contributed by atoms with E-state index in [0.717, 1.165) is 22.3 Å². The highest BCUT2D eigenvalue weighted by Gasteiger charge is 2.52. The van der Waals surface area contributed by atoms with Gasteiger partial charge in [0.15, 0.2) is 0 Å². The van der Waals surface area contributed by atoms with Gasteiger partial charge in [0.1, 0.15) is 12.1 Å². The van der Waals surface area contributed by atoms with Crippen molar-refractivity contribution in [3.05, 3.63) is 59.7 Å². The van der Waals surface area contributed by atoms with Gasteiger partial charge in [-0.05, 0) is 41.5 Å². The SMILES string of the molecule is CC[C@@H](CC(=O)O)NC(=O)C1(NC(=O)OCC2c3ccccc3-c3ccccc32)CC1. The minimum Gasteiger partial charge on any atom is -0.481 e.